The van der Waals surface area contributed by atoms with Crippen molar-refractivity contribution in [3.8, 4) is 11.3 Å². The van der Waals surface area contributed by atoms with E-state index in [-0.39, 0.29) is 0 Å². The number of hydrogen-bond acceptors (Lipinski definition) is 4. The largest absolute Gasteiger partial charge is 0.378 e. The first-order valence-corrected chi connectivity index (χ1v) is 8.02. The predicted molar refractivity (Wildman–Crippen MR) is 88.9 cm³/mol. The second-order valence-corrected chi connectivity index (χ2v) is 6.10. The Morgan fingerprint density at radius 1 is 1.36 bits per heavy atom. The topological polar surface area (TPSA) is 61.0 Å². The molecule has 1 fully saturated rings. The van der Waals surface area contributed by atoms with Crippen molar-refractivity contribution in [1.29, 1.82) is 0 Å². The van der Waals surface area contributed by atoms with Crippen LogP contribution in [0.3, 0.4) is 0 Å². The molecular formula is C17H20ClN3O. The zero-order valence-electron chi connectivity index (χ0n) is 12.7. The van der Waals surface area contributed by atoms with Gasteiger partial charge in [-0.2, -0.15) is 0 Å². The fourth-order valence-electron chi connectivity index (χ4n) is 2.85. The number of hydrogen-bond donors (Lipinski definition) is 1. The Hall–Kier alpha value is -1.65. The molecule has 0 aliphatic carbocycles. The summed E-state index contributed by atoms with van der Waals surface area (Å²) in [5.41, 5.74) is 9.67. The van der Waals surface area contributed by atoms with Gasteiger partial charge < -0.3 is 10.5 Å². The number of nitrogens with two attached hydrogens (primary N) is 1. The number of nitrogen functional groups attached to an aromatic ring is 1. The van der Waals surface area contributed by atoms with Gasteiger partial charge in [0.1, 0.15) is 0 Å². The van der Waals surface area contributed by atoms with Crippen LogP contribution in [0.5, 0.6) is 0 Å². The van der Waals surface area contributed by atoms with E-state index < -0.39 is 0 Å². The lowest BCUT2D eigenvalue weighted by Gasteiger charge is -2.11. The molecule has 0 saturated carbocycles. The van der Waals surface area contributed by atoms with E-state index in [9.17, 15) is 0 Å². The number of benzene rings is 1. The molecule has 2 N–H and O–H groups in total. The molecule has 0 spiro atoms. The SMILES string of the molecule is Cc1c(Cl)cccc1-c1cc(CCC2CCCO2)nc(N)n1. The Bertz CT molecular complexity index is 669. The zero-order valence-corrected chi connectivity index (χ0v) is 13.4. The van der Waals surface area contributed by atoms with Gasteiger partial charge >= 0.3 is 0 Å². The lowest BCUT2D eigenvalue weighted by molar-refractivity contribution is 0.104. The van der Waals surface area contributed by atoms with E-state index >= 15 is 0 Å². The van der Waals surface area contributed by atoms with Crippen molar-refractivity contribution in [1.82, 2.24) is 9.97 Å². The van der Waals surface area contributed by atoms with Gasteiger partial charge in [-0.15, -0.1) is 0 Å². The molecule has 2 heterocycles. The molecule has 5 heteroatoms. The van der Waals surface area contributed by atoms with Crippen LogP contribution in [0.25, 0.3) is 11.3 Å². The summed E-state index contributed by atoms with van der Waals surface area (Å²) in [7, 11) is 0. The van der Waals surface area contributed by atoms with Gasteiger partial charge in [-0.3, -0.25) is 0 Å². The summed E-state index contributed by atoms with van der Waals surface area (Å²) in [4.78, 5) is 8.71. The van der Waals surface area contributed by atoms with Crippen LogP contribution in [0.15, 0.2) is 24.3 Å². The van der Waals surface area contributed by atoms with Crippen LogP contribution < -0.4 is 5.73 Å². The molecule has 1 saturated heterocycles. The van der Waals surface area contributed by atoms with Crippen molar-refractivity contribution in [2.45, 2.75) is 38.7 Å². The van der Waals surface area contributed by atoms with Crippen molar-refractivity contribution in [2.75, 3.05) is 12.3 Å². The maximum absolute atomic E-state index is 6.20. The highest BCUT2D eigenvalue weighted by Gasteiger charge is 2.16. The summed E-state index contributed by atoms with van der Waals surface area (Å²) in [5.74, 6) is 0.305. The van der Waals surface area contributed by atoms with E-state index in [1.54, 1.807) is 0 Å². The van der Waals surface area contributed by atoms with Crippen LogP contribution in [0.1, 0.15) is 30.5 Å². The number of anilines is 1. The van der Waals surface area contributed by atoms with E-state index in [0.29, 0.717) is 12.1 Å². The van der Waals surface area contributed by atoms with Crippen LogP contribution in [-0.4, -0.2) is 22.7 Å². The minimum Gasteiger partial charge on any atom is -0.378 e. The molecule has 2 aromatic rings. The van der Waals surface area contributed by atoms with Crippen LogP contribution >= 0.6 is 11.6 Å². The minimum absolute atomic E-state index is 0.305. The first kappa shape index (κ1) is 15.3. The molecule has 3 rings (SSSR count). The third kappa shape index (κ3) is 3.39. The molecule has 1 aliphatic heterocycles. The Morgan fingerprint density at radius 3 is 3.00 bits per heavy atom. The Kier molecular flexibility index (Phi) is 4.60. The van der Waals surface area contributed by atoms with E-state index in [4.69, 9.17) is 22.1 Å². The van der Waals surface area contributed by atoms with Gasteiger partial charge in [-0.05, 0) is 50.3 Å². The maximum Gasteiger partial charge on any atom is 0.220 e. The quantitative estimate of drug-likeness (QED) is 0.931. The highest BCUT2D eigenvalue weighted by Crippen LogP contribution is 2.28. The molecule has 22 heavy (non-hydrogen) atoms. The predicted octanol–water partition coefficient (Wildman–Crippen LogP) is 3.80. The van der Waals surface area contributed by atoms with Gasteiger partial charge in [0.25, 0.3) is 0 Å². The summed E-state index contributed by atoms with van der Waals surface area (Å²) < 4.78 is 5.66. The summed E-state index contributed by atoms with van der Waals surface area (Å²) in [6.45, 7) is 2.87. The van der Waals surface area contributed by atoms with E-state index in [2.05, 4.69) is 9.97 Å². The Morgan fingerprint density at radius 2 is 2.23 bits per heavy atom. The summed E-state index contributed by atoms with van der Waals surface area (Å²) in [5, 5.41) is 0.732. The number of aryl methyl sites for hydroxylation is 1. The normalized spacial score (nSPS) is 17.8. The minimum atomic E-state index is 0.305. The van der Waals surface area contributed by atoms with Crippen molar-refractivity contribution >= 4 is 17.5 Å². The van der Waals surface area contributed by atoms with Crippen LogP contribution in [-0.2, 0) is 11.2 Å². The Labute approximate surface area is 135 Å². The second kappa shape index (κ2) is 6.63. The van der Waals surface area contributed by atoms with Gasteiger partial charge in [-0.25, -0.2) is 9.97 Å². The Balaban J connectivity index is 1.84. The first-order chi connectivity index (χ1) is 10.6. The lowest BCUT2D eigenvalue weighted by Crippen LogP contribution is -2.08. The van der Waals surface area contributed by atoms with Crippen molar-refractivity contribution in [3.63, 3.8) is 0 Å². The highest BCUT2D eigenvalue weighted by molar-refractivity contribution is 6.31. The third-order valence-corrected chi connectivity index (χ3v) is 4.50. The lowest BCUT2D eigenvalue weighted by atomic mass is 10.0. The number of ether oxygens (including phenoxy) is 1. The van der Waals surface area contributed by atoms with Gasteiger partial charge in [0.2, 0.25) is 5.95 Å². The van der Waals surface area contributed by atoms with Crippen molar-refractivity contribution in [3.05, 3.63) is 40.5 Å². The van der Waals surface area contributed by atoms with Gasteiger partial charge in [0.05, 0.1) is 11.8 Å². The fraction of sp³-hybridized carbons (Fsp3) is 0.412. The van der Waals surface area contributed by atoms with E-state index in [1.807, 2.05) is 31.2 Å². The average Bonchev–Trinajstić information content (AvgIpc) is 3.01. The molecule has 1 aliphatic rings. The maximum atomic E-state index is 6.20. The summed E-state index contributed by atoms with van der Waals surface area (Å²) in [6, 6.07) is 7.81. The second-order valence-electron chi connectivity index (χ2n) is 5.69. The first-order valence-electron chi connectivity index (χ1n) is 7.64. The number of nitrogens with zero attached hydrogens (tertiary/aromatic N) is 2. The molecular weight excluding hydrogens is 298 g/mol. The molecule has 1 unspecified atom stereocenters. The molecule has 116 valence electrons. The monoisotopic (exact) mass is 317 g/mol. The molecule has 0 amide bonds. The third-order valence-electron chi connectivity index (χ3n) is 4.09. The molecule has 1 aromatic carbocycles. The van der Waals surface area contributed by atoms with Gasteiger partial charge in [0, 0.05) is 22.9 Å². The van der Waals surface area contributed by atoms with Gasteiger partial charge in [-0.1, -0.05) is 23.7 Å². The smallest absolute Gasteiger partial charge is 0.220 e. The fourth-order valence-corrected chi connectivity index (χ4v) is 3.02. The number of halogens is 1. The van der Waals surface area contributed by atoms with E-state index in [1.165, 1.54) is 0 Å². The standard InChI is InChI=1S/C17H20ClN3O/c1-11-14(5-2-6-15(11)18)16-10-12(20-17(19)21-16)7-8-13-4-3-9-22-13/h2,5-6,10,13H,3-4,7-9H2,1H3,(H2,19,20,21). The average molecular weight is 318 g/mol. The number of rotatable bonds is 4. The zero-order chi connectivity index (χ0) is 15.5. The van der Waals surface area contributed by atoms with E-state index in [0.717, 1.165) is 59.8 Å². The number of aromatic nitrogens is 2. The molecule has 0 radical (unpaired) electrons. The van der Waals surface area contributed by atoms with Gasteiger partial charge in [0.15, 0.2) is 0 Å². The van der Waals surface area contributed by atoms with Crippen molar-refractivity contribution < 1.29 is 4.74 Å². The molecule has 1 atom stereocenters. The summed E-state index contributed by atoms with van der Waals surface area (Å²) >= 11 is 6.20. The molecule has 4 nitrogen and oxygen atoms in total. The molecule has 1 aromatic heterocycles. The van der Waals surface area contributed by atoms with Crippen LogP contribution in [0, 0.1) is 6.92 Å². The summed E-state index contributed by atoms with van der Waals surface area (Å²) in [6.07, 6.45) is 4.48. The van der Waals surface area contributed by atoms with Crippen molar-refractivity contribution in [2.24, 2.45) is 0 Å². The highest BCUT2D eigenvalue weighted by atomic mass is 35.5. The van der Waals surface area contributed by atoms with Crippen LogP contribution in [0.4, 0.5) is 5.95 Å². The molecule has 0 bridgehead atoms. The van der Waals surface area contributed by atoms with Crippen LogP contribution in [0.2, 0.25) is 5.02 Å².